The zero-order valence-electron chi connectivity index (χ0n) is 12.3. The van der Waals surface area contributed by atoms with Gasteiger partial charge in [-0.2, -0.15) is 0 Å². The molecule has 2 heterocycles. The fraction of sp³-hybridized carbons (Fsp3) is 0.200. The average molecular weight is 313 g/mol. The van der Waals surface area contributed by atoms with Crippen LogP contribution in [0.5, 0.6) is 0 Å². The molecule has 0 saturated carbocycles. The summed E-state index contributed by atoms with van der Waals surface area (Å²) < 4.78 is 0. The van der Waals surface area contributed by atoms with Crippen LogP contribution in [-0.2, 0) is 4.79 Å². The van der Waals surface area contributed by atoms with Gasteiger partial charge in [0.1, 0.15) is 0 Å². The maximum atomic E-state index is 12.0. The molecule has 0 radical (unpaired) electrons. The molecule has 112 valence electrons. The van der Waals surface area contributed by atoms with E-state index in [2.05, 4.69) is 25.3 Å². The Labute approximate surface area is 131 Å². The molecule has 0 aliphatic carbocycles. The highest BCUT2D eigenvalue weighted by Gasteiger charge is 2.09. The summed E-state index contributed by atoms with van der Waals surface area (Å²) in [6, 6.07) is 9.62. The maximum absolute atomic E-state index is 12.0. The fourth-order valence-electron chi connectivity index (χ4n) is 2.07. The number of anilines is 1. The molecule has 0 aliphatic heterocycles. The second kappa shape index (κ2) is 6.15. The SMILES string of the molecule is Cc1cc(C)nc(NC(=O)CSc2nc3ccccc3[nH]2)n1. The molecule has 0 bridgehead atoms. The number of carbonyl (C=O) groups excluding carboxylic acids is 1. The Morgan fingerprint density at radius 3 is 2.64 bits per heavy atom. The van der Waals surface area contributed by atoms with Crippen LogP contribution in [0.2, 0.25) is 0 Å². The Balaban J connectivity index is 1.62. The topological polar surface area (TPSA) is 83.6 Å². The molecule has 6 nitrogen and oxygen atoms in total. The lowest BCUT2D eigenvalue weighted by Gasteiger charge is -2.04. The minimum atomic E-state index is -0.157. The molecule has 0 fully saturated rings. The van der Waals surface area contributed by atoms with E-state index in [1.807, 2.05) is 44.2 Å². The lowest BCUT2D eigenvalue weighted by Crippen LogP contribution is -2.16. The van der Waals surface area contributed by atoms with Crippen LogP contribution in [0.3, 0.4) is 0 Å². The largest absolute Gasteiger partial charge is 0.333 e. The molecule has 2 N–H and O–H groups in total. The van der Waals surface area contributed by atoms with Crippen molar-refractivity contribution in [2.24, 2.45) is 0 Å². The number of H-pyrrole nitrogens is 1. The van der Waals surface area contributed by atoms with Gasteiger partial charge in [0.15, 0.2) is 5.16 Å². The zero-order valence-corrected chi connectivity index (χ0v) is 13.1. The van der Waals surface area contributed by atoms with Crippen molar-refractivity contribution in [3.05, 3.63) is 41.7 Å². The predicted octanol–water partition coefficient (Wildman–Crippen LogP) is 2.70. The molecule has 2 aromatic heterocycles. The number of hydrogen-bond donors (Lipinski definition) is 2. The van der Waals surface area contributed by atoms with Gasteiger partial charge in [-0.05, 0) is 32.0 Å². The van der Waals surface area contributed by atoms with Gasteiger partial charge < -0.3 is 4.98 Å². The molecule has 1 amide bonds. The van der Waals surface area contributed by atoms with Gasteiger partial charge in [0, 0.05) is 11.4 Å². The number of para-hydroxylation sites is 2. The van der Waals surface area contributed by atoms with E-state index in [1.54, 1.807) is 0 Å². The minimum Gasteiger partial charge on any atom is -0.333 e. The van der Waals surface area contributed by atoms with Gasteiger partial charge in [0.05, 0.1) is 16.8 Å². The molecule has 7 heteroatoms. The Hall–Kier alpha value is -2.41. The number of aromatic amines is 1. The van der Waals surface area contributed by atoms with Gasteiger partial charge in [-0.3, -0.25) is 10.1 Å². The number of carbonyl (C=O) groups is 1. The Morgan fingerprint density at radius 1 is 1.18 bits per heavy atom. The van der Waals surface area contributed by atoms with Crippen molar-refractivity contribution in [2.75, 3.05) is 11.1 Å². The summed E-state index contributed by atoms with van der Waals surface area (Å²) in [5, 5.41) is 3.42. The summed E-state index contributed by atoms with van der Waals surface area (Å²) in [5.74, 6) is 0.430. The Morgan fingerprint density at radius 2 is 1.91 bits per heavy atom. The number of thioether (sulfide) groups is 1. The highest BCUT2D eigenvalue weighted by atomic mass is 32.2. The number of fused-ring (bicyclic) bond motifs is 1. The van der Waals surface area contributed by atoms with Crippen molar-refractivity contribution in [1.29, 1.82) is 0 Å². The average Bonchev–Trinajstić information content (AvgIpc) is 2.87. The van der Waals surface area contributed by atoms with E-state index in [1.165, 1.54) is 11.8 Å². The van der Waals surface area contributed by atoms with Crippen LogP contribution in [-0.4, -0.2) is 31.6 Å². The van der Waals surface area contributed by atoms with E-state index < -0.39 is 0 Å². The number of benzene rings is 1. The third-order valence-corrected chi connectivity index (χ3v) is 3.81. The van der Waals surface area contributed by atoms with Crippen molar-refractivity contribution in [2.45, 2.75) is 19.0 Å². The normalized spacial score (nSPS) is 10.8. The molecule has 0 aliphatic rings. The number of aryl methyl sites for hydroxylation is 2. The van der Waals surface area contributed by atoms with Crippen LogP contribution in [0.15, 0.2) is 35.5 Å². The molecule has 22 heavy (non-hydrogen) atoms. The van der Waals surface area contributed by atoms with E-state index in [9.17, 15) is 4.79 Å². The van der Waals surface area contributed by atoms with Crippen LogP contribution in [0, 0.1) is 13.8 Å². The number of rotatable bonds is 4. The van der Waals surface area contributed by atoms with E-state index in [-0.39, 0.29) is 11.7 Å². The first-order chi connectivity index (χ1) is 10.6. The zero-order chi connectivity index (χ0) is 15.5. The second-order valence-corrected chi connectivity index (χ2v) is 5.83. The van der Waals surface area contributed by atoms with Crippen molar-refractivity contribution < 1.29 is 4.79 Å². The van der Waals surface area contributed by atoms with Crippen LogP contribution in [0.25, 0.3) is 11.0 Å². The first-order valence-electron chi connectivity index (χ1n) is 6.80. The van der Waals surface area contributed by atoms with Crippen molar-refractivity contribution >= 4 is 34.7 Å². The van der Waals surface area contributed by atoms with E-state index in [0.29, 0.717) is 5.95 Å². The summed E-state index contributed by atoms with van der Waals surface area (Å²) in [5.41, 5.74) is 3.51. The predicted molar refractivity (Wildman–Crippen MR) is 87.0 cm³/mol. The molecule has 0 saturated heterocycles. The molecule has 0 unspecified atom stereocenters. The molecule has 1 aromatic carbocycles. The fourth-order valence-corrected chi connectivity index (χ4v) is 2.76. The second-order valence-electron chi connectivity index (χ2n) is 4.87. The lowest BCUT2D eigenvalue weighted by molar-refractivity contribution is -0.113. The van der Waals surface area contributed by atoms with Gasteiger partial charge >= 0.3 is 0 Å². The van der Waals surface area contributed by atoms with Gasteiger partial charge in [0.25, 0.3) is 0 Å². The van der Waals surface area contributed by atoms with Crippen molar-refractivity contribution in [3.63, 3.8) is 0 Å². The maximum Gasteiger partial charge on any atom is 0.237 e. The van der Waals surface area contributed by atoms with Crippen molar-refractivity contribution in [3.8, 4) is 0 Å². The number of hydrogen-bond acceptors (Lipinski definition) is 5. The summed E-state index contributed by atoms with van der Waals surface area (Å²) >= 11 is 1.35. The van der Waals surface area contributed by atoms with Crippen LogP contribution in [0.1, 0.15) is 11.4 Å². The molecular formula is C15H15N5OS. The monoisotopic (exact) mass is 313 g/mol. The van der Waals surface area contributed by atoms with Crippen molar-refractivity contribution in [1.82, 2.24) is 19.9 Å². The summed E-state index contributed by atoms with van der Waals surface area (Å²) in [6.07, 6.45) is 0. The molecule has 3 rings (SSSR count). The number of amides is 1. The molecule has 0 atom stereocenters. The molecular weight excluding hydrogens is 298 g/mol. The summed E-state index contributed by atoms with van der Waals surface area (Å²) in [4.78, 5) is 27.9. The quantitative estimate of drug-likeness (QED) is 0.724. The minimum absolute atomic E-state index is 0.157. The van der Waals surface area contributed by atoms with Gasteiger partial charge in [-0.25, -0.2) is 15.0 Å². The Bertz CT molecular complexity index is 776. The van der Waals surface area contributed by atoms with E-state index in [0.717, 1.165) is 27.6 Å². The van der Waals surface area contributed by atoms with Gasteiger partial charge in [0.2, 0.25) is 11.9 Å². The summed E-state index contributed by atoms with van der Waals surface area (Å²) in [7, 11) is 0. The Kier molecular flexibility index (Phi) is 4.06. The van der Waals surface area contributed by atoms with Gasteiger partial charge in [-0.15, -0.1) is 0 Å². The van der Waals surface area contributed by atoms with E-state index >= 15 is 0 Å². The smallest absolute Gasteiger partial charge is 0.237 e. The third kappa shape index (κ3) is 3.43. The van der Waals surface area contributed by atoms with E-state index in [4.69, 9.17) is 0 Å². The third-order valence-electron chi connectivity index (χ3n) is 2.94. The number of imidazole rings is 1. The molecule has 0 spiro atoms. The number of nitrogens with one attached hydrogen (secondary N) is 2. The lowest BCUT2D eigenvalue weighted by atomic mass is 10.3. The molecule has 3 aromatic rings. The highest BCUT2D eigenvalue weighted by molar-refractivity contribution is 7.99. The number of aromatic nitrogens is 4. The van der Waals surface area contributed by atoms with Crippen LogP contribution < -0.4 is 5.32 Å². The standard InChI is InChI=1S/C15H15N5OS/c1-9-7-10(2)17-14(16-9)20-13(21)8-22-15-18-11-5-3-4-6-12(11)19-15/h3-7H,8H2,1-2H3,(H,18,19)(H,16,17,20,21). The first kappa shape index (κ1) is 14.5. The van der Waals surface area contributed by atoms with Gasteiger partial charge in [-0.1, -0.05) is 23.9 Å². The number of nitrogens with zero attached hydrogens (tertiary/aromatic N) is 3. The first-order valence-corrected chi connectivity index (χ1v) is 7.78. The van der Waals surface area contributed by atoms with Crippen LogP contribution in [0.4, 0.5) is 5.95 Å². The van der Waals surface area contributed by atoms with Crippen LogP contribution >= 0.6 is 11.8 Å². The highest BCUT2D eigenvalue weighted by Crippen LogP contribution is 2.19. The summed E-state index contributed by atoms with van der Waals surface area (Å²) in [6.45, 7) is 3.74.